The van der Waals surface area contributed by atoms with E-state index < -0.39 is 22.5 Å². The minimum Gasteiger partial charge on any atom is -0.473 e. The number of nitrogens with one attached hydrogen (secondary N) is 1. The van der Waals surface area contributed by atoms with E-state index in [1.807, 2.05) is 0 Å². The van der Waals surface area contributed by atoms with Crippen LogP contribution in [0.1, 0.15) is 17.7 Å². The minimum absolute atomic E-state index is 0.0210. The maximum atomic E-state index is 12.9. The molecule has 0 fully saturated rings. The molecule has 0 saturated carbocycles. The number of alkyl halides is 2. The quantitative estimate of drug-likeness (QED) is 0.523. The van der Waals surface area contributed by atoms with Crippen molar-refractivity contribution in [2.75, 3.05) is 5.32 Å². The number of nitrogens with two attached hydrogens (primary N) is 1. The minimum atomic E-state index is -4.20. The number of primary sulfonamides is 1. The van der Waals surface area contributed by atoms with Gasteiger partial charge in [-0.1, -0.05) is 35.9 Å². The number of halogens is 3. The number of ether oxygens (including phenoxy) is 1. The average Bonchev–Trinajstić information content (AvgIpc) is 3.17. The standard InChI is InChI=1S/C19H17ClF2N4O4S/c20-15-4-2-1-3-12(15)9-17(27)25-14-6-5-13(16(10-14)31(23,28)29)11-30-18-7-8-24-26(18)19(21)22/h1-8,10,19H,9,11H2,(H,25,27)(H2,23,28,29). The van der Waals surface area contributed by atoms with E-state index in [1.54, 1.807) is 24.3 Å². The Morgan fingerprint density at radius 2 is 1.94 bits per heavy atom. The second-order valence-electron chi connectivity index (χ2n) is 6.36. The Labute approximate surface area is 181 Å². The molecule has 12 heteroatoms. The SMILES string of the molecule is NS(=O)(=O)c1cc(NC(=O)Cc2ccccc2Cl)ccc1COc1ccnn1C(F)F. The molecule has 0 aliphatic heterocycles. The summed E-state index contributed by atoms with van der Waals surface area (Å²) >= 11 is 6.04. The van der Waals surface area contributed by atoms with Gasteiger partial charge in [0.15, 0.2) is 0 Å². The van der Waals surface area contributed by atoms with Crippen LogP contribution in [0.4, 0.5) is 14.5 Å². The van der Waals surface area contributed by atoms with E-state index in [4.69, 9.17) is 21.5 Å². The van der Waals surface area contributed by atoms with Gasteiger partial charge in [-0.25, -0.2) is 13.6 Å². The molecule has 8 nitrogen and oxygen atoms in total. The number of benzene rings is 2. The average molecular weight is 471 g/mol. The van der Waals surface area contributed by atoms with Crippen molar-refractivity contribution in [1.29, 1.82) is 0 Å². The highest BCUT2D eigenvalue weighted by atomic mass is 35.5. The highest BCUT2D eigenvalue weighted by Gasteiger charge is 2.18. The molecule has 0 saturated heterocycles. The molecule has 1 amide bonds. The fourth-order valence-corrected chi connectivity index (χ4v) is 3.74. The van der Waals surface area contributed by atoms with Gasteiger partial charge in [0.2, 0.25) is 21.8 Å². The third-order valence-corrected chi connectivity index (χ3v) is 5.52. The summed E-state index contributed by atoms with van der Waals surface area (Å²) in [5, 5.41) is 11.7. The van der Waals surface area contributed by atoms with Crippen molar-refractivity contribution in [2.24, 2.45) is 5.14 Å². The summed E-state index contributed by atoms with van der Waals surface area (Å²) in [5.41, 5.74) is 0.907. The number of rotatable bonds is 8. The lowest BCUT2D eigenvalue weighted by molar-refractivity contribution is -0.115. The van der Waals surface area contributed by atoms with Gasteiger partial charge in [0.05, 0.1) is 17.5 Å². The molecule has 31 heavy (non-hydrogen) atoms. The zero-order valence-electron chi connectivity index (χ0n) is 15.8. The number of nitrogens with zero attached hydrogens (tertiary/aromatic N) is 2. The van der Waals surface area contributed by atoms with Crippen molar-refractivity contribution in [3.63, 3.8) is 0 Å². The zero-order valence-corrected chi connectivity index (χ0v) is 17.4. The molecule has 0 radical (unpaired) electrons. The number of amides is 1. The fourth-order valence-electron chi connectivity index (χ4n) is 2.75. The van der Waals surface area contributed by atoms with Crippen LogP contribution in [0.3, 0.4) is 0 Å². The predicted octanol–water partition coefficient (Wildman–Crippen LogP) is 3.34. The van der Waals surface area contributed by atoms with Crippen LogP contribution in [0.2, 0.25) is 5.02 Å². The van der Waals surface area contributed by atoms with Crippen molar-refractivity contribution in [2.45, 2.75) is 24.5 Å². The molecule has 164 valence electrons. The van der Waals surface area contributed by atoms with E-state index in [-0.39, 0.29) is 35.1 Å². The molecular formula is C19H17ClF2N4O4S. The van der Waals surface area contributed by atoms with Crippen molar-refractivity contribution in [1.82, 2.24) is 9.78 Å². The number of sulfonamides is 1. The third-order valence-electron chi connectivity index (χ3n) is 4.16. The van der Waals surface area contributed by atoms with Gasteiger partial charge >= 0.3 is 6.55 Å². The molecule has 0 spiro atoms. The van der Waals surface area contributed by atoms with E-state index >= 15 is 0 Å². The van der Waals surface area contributed by atoms with E-state index in [1.165, 1.54) is 24.3 Å². The smallest absolute Gasteiger partial charge is 0.336 e. The lowest BCUT2D eigenvalue weighted by Gasteiger charge is -2.13. The summed E-state index contributed by atoms with van der Waals surface area (Å²) in [6.07, 6.45) is 1.10. The third kappa shape index (κ3) is 5.78. The monoisotopic (exact) mass is 470 g/mol. The van der Waals surface area contributed by atoms with Gasteiger partial charge in [0.25, 0.3) is 0 Å². The molecular weight excluding hydrogens is 454 g/mol. The van der Waals surface area contributed by atoms with E-state index in [0.717, 1.165) is 6.20 Å². The highest BCUT2D eigenvalue weighted by Crippen LogP contribution is 2.24. The molecule has 3 N–H and O–H groups in total. The second-order valence-corrected chi connectivity index (χ2v) is 8.30. The number of hydrogen-bond acceptors (Lipinski definition) is 5. The van der Waals surface area contributed by atoms with Crippen molar-refractivity contribution >= 4 is 33.2 Å². The highest BCUT2D eigenvalue weighted by molar-refractivity contribution is 7.89. The summed E-state index contributed by atoms with van der Waals surface area (Å²) in [4.78, 5) is 12.0. The Bertz CT molecular complexity index is 1200. The predicted molar refractivity (Wildman–Crippen MR) is 109 cm³/mol. The lowest BCUT2D eigenvalue weighted by atomic mass is 10.1. The first kappa shape index (κ1) is 22.7. The van der Waals surface area contributed by atoms with Gasteiger partial charge in [-0.3, -0.25) is 4.79 Å². The number of carbonyl (C=O) groups is 1. The number of hydrogen-bond donors (Lipinski definition) is 2. The molecule has 0 unspecified atom stereocenters. The van der Waals surface area contributed by atoms with Crippen LogP contribution in [0.5, 0.6) is 5.88 Å². The van der Waals surface area contributed by atoms with Gasteiger partial charge < -0.3 is 10.1 Å². The Kier molecular flexibility index (Phi) is 6.88. The van der Waals surface area contributed by atoms with Crippen LogP contribution in [-0.4, -0.2) is 24.1 Å². The molecule has 0 bridgehead atoms. The van der Waals surface area contributed by atoms with Crippen LogP contribution in [0, 0.1) is 0 Å². The van der Waals surface area contributed by atoms with Crippen molar-refractivity contribution in [3.05, 3.63) is 70.9 Å². The van der Waals surface area contributed by atoms with Crippen LogP contribution in [0.25, 0.3) is 0 Å². The Morgan fingerprint density at radius 3 is 2.61 bits per heavy atom. The molecule has 3 rings (SSSR count). The summed E-state index contributed by atoms with van der Waals surface area (Å²) in [6.45, 7) is -3.28. The van der Waals surface area contributed by atoms with E-state index in [9.17, 15) is 22.0 Å². The van der Waals surface area contributed by atoms with Crippen LogP contribution in [0.15, 0.2) is 59.6 Å². The first-order valence-corrected chi connectivity index (χ1v) is 10.7. The largest absolute Gasteiger partial charge is 0.473 e. The van der Waals surface area contributed by atoms with Crippen LogP contribution in [-0.2, 0) is 27.8 Å². The molecule has 0 atom stereocenters. The van der Waals surface area contributed by atoms with Crippen LogP contribution >= 0.6 is 11.6 Å². The Balaban J connectivity index is 1.77. The first-order chi connectivity index (χ1) is 14.6. The zero-order chi connectivity index (χ0) is 22.6. The molecule has 1 aromatic heterocycles. The maximum Gasteiger partial charge on any atom is 0.336 e. The van der Waals surface area contributed by atoms with Crippen molar-refractivity contribution in [3.8, 4) is 5.88 Å². The normalized spacial score (nSPS) is 11.5. The molecule has 0 aliphatic rings. The topological polar surface area (TPSA) is 116 Å². The van der Waals surface area contributed by atoms with Crippen LogP contribution < -0.4 is 15.2 Å². The van der Waals surface area contributed by atoms with Gasteiger partial charge in [0.1, 0.15) is 6.61 Å². The number of anilines is 1. The van der Waals surface area contributed by atoms with Gasteiger partial charge in [-0.2, -0.15) is 18.6 Å². The van der Waals surface area contributed by atoms with Gasteiger partial charge in [-0.15, -0.1) is 0 Å². The Hall–Kier alpha value is -3.02. The van der Waals surface area contributed by atoms with Gasteiger partial charge in [0, 0.05) is 22.3 Å². The molecule has 0 aliphatic carbocycles. The number of carbonyl (C=O) groups excluding carboxylic acids is 1. The van der Waals surface area contributed by atoms with E-state index in [2.05, 4.69) is 10.4 Å². The van der Waals surface area contributed by atoms with Gasteiger partial charge in [-0.05, 0) is 23.8 Å². The summed E-state index contributed by atoms with van der Waals surface area (Å²) in [5.74, 6) is -0.661. The molecule has 2 aromatic carbocycles. The summed E-state index contributed by atoms with van der Waals surface area (Å²) in [6, 6.07) is 12.0. The van der Waals surface area contributed by atoms with Crippen molar-refractivity contribution < 1.29 is 26.7 Å². The second kappa shape index (κ2) is 9.41. The first-order valence-electron chi connectivity index (χ1n) is 8.78. The molecule has 3 aromatic rings. The fraction of sp³-hybridized carbons (Fsp3) is 0.158. The summed E-state index contributed by atoms with van der Waals surface area (Å²) < 4.78 is 55.4. The Morgan fingerprint density at radius 1 is 1.19 bits per heavy atom. The lowest BCUT2D eigenvalue weighted by Crippen LogP contribution is -2.18. The van der Waals surface area contributed by atoms with E-state index in [0.29, 0.717) is 15.3 Å². The molecule has 1 heterocycles. The summed E-state index contributed by atoms with van der Waals surface area (Å²) in [7, 11) is -4.20. The number of aromatic nitrogens is 2. The maximum absolute atomic E-state index is 12.9.